The van der Waals surface area contributed by atoms with Crippen molar-refractivity contribution >= 4 is 23.4 Å². The van der Waals surface area contributed by atoms with Gasteiger partial charge in [0.2, 0.25) is 11.9 Å². The maximum atomic E-state index is 12.7. The van der Waals surface area contributed by atoms with Gasteiger partial charge in [0.25, 0.3) is 0 Å². The zero-order valence-corrected chi connectivity index (χ0v) is 18.3. The molecule has 2 saturated carbocycles. The zero-order chi connectivity index (χ0) is 21.7. The number of nitrogens with zero attached hydrogens (tertiary/aromatic N) is 4. The van der Waals surface area contributed by atoms with Gasteiger partial charge in [-0.2, -0.15) is 4.98 Å². The Kier molecular flexibility index (Phi) is 4.97. The van der Waals surface area contributed by atoms with E-state index in [0.29, 0.717) is 18.1 Å². The molecule has 1 aromatic rings. The van der Waals surface area contributed by atoms with Crippen LogP contribution in [0.15, 0.2) is 41.8 Å². The zero-order valence-electron chi connectivity index (χ0n) is 18.3. The summed E-state index contributed by atoms with van der Waals surface area (Å²) in [6.45, 7) is 10.2. The molecule has 0 radical (unpaired) electrons. The highest BCUT2D eigenvalue weighted by atomic mass is 16.3. The topological polar surface area (TPSA) is 81.6 Å². The van der Waals surface area contributed by atoms with Gasteiger partial charge in [-0.05, 0) is 58.4 Å². The summed E-state index contributed by atoms with van der Waals surface area (Å²) in [6.07, 6.45) is 9.74. The largest absolute Gasteiger partial charge is 0.390 e. The fourth-order valence-electron chi connectivity index (χ4n) is 5.18. The van der Waals surface area contributed by atoms with Crippen molar-refractivity contribution in [2.45, 2.75) is 64.0 Å². The van der Waals surface area contributed by atoms with Crippen LogP contribution in [0.25, 0.3) is 0 Å². The maximum Gasteiger partial charge on any atom is 0.246 e. The summed E-state index contributed by atoms with van der Waals surface area (Å²) in [5, 5.41) is 14.1. The van der Waals surface area contributed by atoms with E-state index in [4.69, 9.17) is 4.98 Å². The van der Waals surface area contributed by atoms with Crippen LogP contribution in [0.5, 0.6) is 0 Å². The summed E-state index contributed by atoms with van der Waals surface area (Å²) in [7, 11) is 1.77. The third-order valence-electron chi connectivity index (χ3n) is 6.80. The van der Waals surface area contributed by atoms with Crippen LogP contribution in [0.3, 0.4) is 0 Å². The monoisotopic (exact) mass is 409 g/mol. The molecule has 0 saturated heterocycles. The number of fused-ring (bicyclic) bond motifs is 3. The van der Waals surface area contributed by atoms with Gasteiger partial charge >= 0.3 is 0 Å². The normalized spacial score (nSPS) is 28.8. The van der Waals surface area contributed by atoms with Crippen molar-refractivity contribution in [1.82, 2.24) is 9.97 Å². The molecule has 2 heterocycles. The Bertz CT molecular complexity index is 956. The second kappa shape index (κ2) is 7.23. The van der Waals surface area contributed by atoms with Gasteiger partial charge in [-0.25, -0.2) is 4.98 Å². The molecule has 1 amide bonds. The van der Waals surface area contributed by atoms with Crippen molar-refractivity contribution in [1.29, 1.82) is 0 Å². The Balaban J connectivity index is 1.70. The third-order valence-corrected chi connectivity index (χ3v) is 6.80. The predicted molar refractivity (Wildman–Crippen MR) is 120 cm³/mol. The van der Waals surface area contributed by atoms with Crippen LogP contribution in [0.4, 0.5) is 17.5 Å². The standard InChI is InChI=1S/C23H31N5O2/c1-6-17(16(4)11-15(2)3)25-21-24-12-18-20(26-21)28(13-19(29)27(18)5)22-7-9-23(30,14-22)10-8-22/h6,11-12,30H,2,7-10,13-14H2,1,3-5H3,(H,24,25,26)/b16-11-,17-6+. The number of anilines is 3. The lowest BCUT2D eigenvalue weighted by Crippen LogP contribution is -2.54. The van der Waals surface area contributed by atoms with E-state index in [9.17, 15) is 9.90 Å². The van der Waals surface area contributed by atoms with Crippen LogP contribution in [-0.4, -0.2) is 45.7 Å². The van der Waals surface area contributed by atoms with Gasteiger partial charge in [0.15, 0.2) is 5.82 Å². The second-order valence-electron chi connectivity index (χ2n) is 9.07. The molecular formula is C23H31N5O2. The first kappa shape index (κ1) is 20.6. The molecule has 1 aromatic heterocycles. The van der Waals surface area contributed by atoms with E-state index >= 15 is 0 Å². The van der Waals surface area contributed by atoms with Crippen LogP contribution in [-0.2, 0) is 4.79 Å². The van der Waals surface area contributed by atoms with E-state index in [0.717, 1.165) is 48.3 Å². The fourth-order valence-corrected chi connectivity index (χ4v) is 5.18. The molecule has 1 aliphatic heterocycles. The lowest BCUT2D eigenvalue weighted by molar-refractivity contribution is -0.117. The average Bonchev–Trinajstić information content (AvgIpc) is 3.22. The highest BCUT2D eigenvalue weighted by molar-refractivity contribution is 6.02. The van der Waals surface area contributed by atoms with Gasteiger partial charge in [-0.1, -0.05) is 24.3 Å². The molecule has 2 bridgehead atoms. The summed E-state index contributed by atoms with van der Waals surface area (Å²) in [5.74, 6) is 1.28. The van der Waals surface area contributed by atoms with E-state index in [1.54, 1.807) is 18.1 Å². The van der Waals surface area contributed by atoms with Crippen molar-refractivity contribution in [2.24, 2.45) is 0 Å². The minimum absolute atomic E-state index is 0.0258. The smallest absolute Gasteiger partial charge is 0.246 e. The van der Waals surface area contributed by atoms with E-state index in [1.807, 2.05) is 32.9 Å². The van der Waals surface area contributed by atoms with Gasteiger partial charge in [0, 0.05) is 18.3 Å². The van der Waals surface area contributed by atoms with Crippen molar-refractivity contribution in [3.63, 3.8) is 0 Å². The molecule has 0 aromatic carbocycles. The summed E-state index contributed by atoms with van der Waals surface area (Å²) in [5.41, 5.74) is 2.85. The number of rotatable bonds is 5. The van der Waals surface area contributed by atoms with Crippen molar-refractivity contribution in [3.05, 3.63) is 41.8 Å². The molecule has 7 nitrogen and oxygen atoms in total. The number of carbonyl (C=O) groups is 1. The number of carbonyl (C=O) groups excluding carboxylic acids is 1. The number of nitrogens with one attached hydrogen (secondary N) is 1. The van der Waals surface area contributed by atoms with Crippen molar-refractivity contribution < 1.29 is 9.90 Å². The molecule has 3 aliphatic rings. The number of amides is 1. The molecular weight excluding hydrogens is 378 g/mol. The number of hydrogen-bond acceptors (Lipinski definition) is 6. The second-order valence-corrected chi connectivity index (χ2v) is 9.07. The van der Waals surface area contributed by atoms with Crippen molar-refractivity contribution in [2.75, 3.05) is 28.7 Å². The molecule has 0 atom stereocenters. The number of aliphatic hydroxyl groups is 1. The van der Waals surface area contributed by atoms with Crippen LogP contribution >= 0.6 is 0 Å². The lowest BCUT2D eigenvalue weighted by atomic mass is 9.90. The first-order valence-electron chi connectivity index (χ1n) is 10.6. The number of allylic oxidation sites excluding steroid dienone is 4. The first-order chi connectivity index (χ1) is 14.2. The summed E-state index contributed by atoms with van der Waals surface area (Å²) in [6, 6.07) is 0. The minimum atomic E-state index is -0.594. The predicted octanol–water partition coefficient (Wildman–Crippen LogP) is 3.55. The number of aromatic nitrogens is 2. The molecule has 0 spiro atoms. The van der Waals surface area contributed by atoms with Gasteiger partial charge in [-0.3, -0.25) is 4.79 Å². The molecule has 4 rings (SSSR count). The molecule has 7 heteroatoms. The summed E-state index contributed by atoms with van der Waals surface area (Å²) in [4.78, 5) is 25.8. The van der Waals surface area contributed by atoms with Gasteiger partial charge in [0.05, 0.1) is 18.3 Å². The number of likely N-dealkylation sites (N-methyl/N-ethyl adjacent to an activating group) is 1. The Labute approximate surface area is 178 Å². The van der Waals surface area contributed by atoms with E-state index < -0.39 is 5.60 Å². The van der Waals surface area contributed by atoms with E-state index in [2.05, 4.69) is 21.8 Å². The average molecular weight is 410 g/mol. The maximum absolute atomic E-state index is 12.7. The first-order valence-corrected chi connectivity index (χ1v) is 10.6. The molecule has 2 aliphatic carbocycles. The van der Waals surface area contributed by atoms with Gasteiger partial charge < -0.3 is 20.2 Å². The lowest BCUT2D eigenvalue weighted by Gasteiger charge is -2.45. The van der Waals surface area contributed by atoms with Crippen molar-refractivity contribution in [3.8, 4) is 0 Å². The SMILES string of the molecule is C=C(C)/C=C(C)\C(=C/C)Nc1ncc2c(n1)N(C13CCC(O)(CC1)C3)CC(=O)N2C. The number of hydrogen-bond donors (Lipinski definition) is 2. The van der Waals surface area contributed by atoms with E-state index in [1.165, 1.54) is 0 Å². The summed E-state index contributed by atoms with van der Waals surface area (Å²) >= 11 is 0. The molecule has 0 unspecified atom stereocenters. The van der Waals surface area contributed by atoms with Crippen LogP contribution in [0, 0.1) is 0 Å². The van der Waals surface area contributed by atoms with Gasteiger partial charge in [0.1, 0.15) is 5.69 Å². The Morgan fingerprint density at radius 3 is 2.57 bits per heavy atom. The molecule has 160 valence electrons. The third kappa shape index (κ3) is 3.41. The Morgan fingerprint density at radius 1 is 1.30 bits per heavy atom. The van der Waals surface area contributed by atoms with E-state index in [-0.39, 0.29) is 18.0 Å². The van der Waals surface area contributed by atoms with Gasteiger partial charge in [-0.15, -0.1) is 0 Å². The Hall–Kier alpha value is -2.67. The van der Waals surface area contributed by atoms with Crippen LogP contribution in [0.1, 0.15) is 52.9 Å². The minimum Gasteiger partial charge on any atom is -0.390 e. The van der Waals surface area contributed by atoms with Crippen LogP contribution in [0.2, 0.25) is 0 Å². The molecule has 2 N–H and O–H groups in total. The Morgan fingerprint density at radius 2 is 2.00 bits per heavy atom. The molecule has 2 fully saturated rings. The fraction of sp³-hybridized carbons (Fsp3) is 0.522. The summed E-state index contributed by atoms with van der Waals surface area (Å²) < 4.78 is 0. The highest BCUT2D eigenvalue weighted by Gasteiger charge is 2.58. The highest BCUT2D eigenvalue weighted by Crippen LogP contribution is 2.55. The van der Waals surface area contributed by atoms with Crippen LogP contribution < -0.4 is 15.1 Å². The molecule has 30 heavy (non-hydrogen) atoms. The quantitative estimate of drug-likeness (QED) is 0.724.